The SMILES string of the molecule is Cc1ccccc1C(C)NCC(c1ccccc1)C(C)C. The number of nitrogens with one attached hydrogen (secondary N) is 1. The van der Waals surface area contributed by atoms with E-state index in [2.05, 4.69) is 87.6 Å². The van der Waals surface area contributed by atoms with Crippen molar-refractivity contribution < 1.29 is 0 Å². The number of aryl methyl sites for hydroxylation is 1. The van der Waals surface area contributed by atoms with Crippen LogP contribution in [-0.2, 0) is 0 Å². The van der Waals surface area contributed by atoms with Gasteiger partial charge in [0.2, 0.25) is 0 Å². The summed E-state index contributed by atoms with van der Waals surface area (Å²) in [5.74, 6) is 1.18. The molecule has 0 saturated heterocycles. The minimum Gasteiger partial charge on any atom is -0.310 e. The lowest BCUT2D eigenvalue weighted by atomic mass is 9.88. The summed E-state index contributed by atoms with van der Waals surface area (Å²) in [7, 11) is 0. The van der Waals surface area contributed by atoms with Crippen LogP contribution in [-0.4, -0.2) is 6.54 Å². The zero-order valence-corrected chi connectivity index (χ0v) is 13.6. The topological polar surface area (TPSA) is 12.0 Å². The van der Waals surface area contributed by atoms with Gasteiger partial charge in [0.15, 0.2) is 0 Å². The van der Waals surface area contributed by atoms with E-state index in [-0.39, 0.29) is 0 Å². The van der Waals surface area contributed by atoms with E-state index in [1.807, 2.05) is 0 Å². The number of hydrogen-bond acceptors (Lipinski definition) is 1. The number of rotatable bonds is 6. The standard InChI is InChI=1S/C20H27N/c1-15(2)20(18-11-6-5-7-12-18)14-21-17(4)19-13-9-8-10-16(19)3/h5-13,15,17,20-21H,14H2,1-4H3. The van der Waals surface area contributed by atoms with E-state index in [0.717, 1.165) is 6.54 Å². The van der Waals surface area contributed by atoms with E-state index >= 15 is 0 Å². The Morgan fingerprint density at radius 1 is 0.857 bits per heavy atom. The molecule has 2 aromatic carbocycles. The monoisotopic (exact) mass is 281 g/mol. The minimum absolute atomic E-state index is 0.385. The average molecular weight is 281 g/mol. The first-order chi connectivity index (χ1) is 10.1. The molecule has 0 fully saturated rings. The van der Waals surface area contributed by atoms with Gasteiger partial charge in [-0.15, -0.1) is 0 Å². The molecule has 0 heterocycles. The molecular weight excluding hydrogens is 254 g/mol. The predicted octanol–water partition coefficient (Wildman–Crippen LogP) is 5.09. The van der Waals surface area contributed by atoms with Crippen molar-refractivity contribution in [3.05, 3.63) is 71.3 Å². The third-order valence-electron chi connectivity index (χ3n) is 4.33. The quantitative estimate of drug-likeness (QED) is 0.778. The molecule has 112 valence electrons. The predicted molar refractivity (Wildman–Crippen MR) is 91.6 cm³/mol. The lowest BCUT2D eigenvalue weighted by molar-refractivity contribution is 0.436. The molecule has 2 unspecified atom stereocenters. The molecule has 2 atom stereocenters. The molecule has 0 saturated carbocycles. The fourth-order valence-corrected chi connectivity index (χ4v) is 2.93. The molecule has 2 aromatic rings. The molecule has 2 rings (SSSR count). The highest BCUT2D eigenvalue weighted by Gasteiger charge is 2.17. The van der Waals surface area contributed by atoms with Crippen molar-refractivity contribution in [3.8, 4) is 0 Å². The fourth-order valence-electron chi connectivity index (χ4n) is 2.93. The number of hydrogen-bond donors (Lipinski definition) is 1. The normalized spacial score (nSPS) is 14.1. The largest absolute Gasteiger partial charge is 0.310 e. The van der Waals surface area contributed by atoms with Gasteiger partial charge in [-0.25, -0.2) is 0 Å². The molecule has 0 aliphatic carbocycles. The Morgan fingerprint density at radius 3 is 2.10 bits per heavy atom. The van der Waals surface area contributed by atoms with Gasteiger partial charge in [0.25, 0.3) is 0 Å². The van der Waals surface area contributed by atoms with Crippen molar-refractivity contribution in [1.29, 1.82) is 0 Å². The lowest BCUT2D eigenvalue weighted by Gasteiger charge is -2.25. The maximum atomic E-state index is 3.72. The third kappa shape index (κ3) is 4.18. The molecule has 0 radical (unpaired) electrons. The van der Waals surface area contributed by atoms with Crippen LogP contribution in [0, 0.1) is 12.8 Å². The van der Waals surface area contributed by atoms with E-state index in [1.165, 1.54) is 16.7 Å². The first-order valence-electron chi connectivity index (χ1n) is 7.93. The highest BCUT2D eigenvalue weighted by molar-refractivity contribution is 5.28. The zero-order chi connectivity index (χ0) is 15.2. The van der Waals surface area contributed by atoms with Crippen molar-refractivity contribution in [2.75, 3.05) is 6.54 Å². The molecule has 0 amide bonds. The molecule has 1 nitrogen and oxygen atoms in total. The summed E-state index contributed by atoms with van der Waals surface area (Å²) in [4.78, 5) is 0. The lowest BCUT2D eigenvalue weighted by Crippen LogP contribution is -2.27. The van der Waals surface area contributed by atoms with Crippen LogP contribution in [0.25, 0.3) is 0 Å². The molecule has 0 aliphatic heterocycles. The molecule has 0 bridgehead atoms. The summed E-state index contributed by atoms with van der Waals surface area (Å²) in [5, 5.41) is 3.72. The van der Waals surface area contributed by atoms with Gasteiger partial charge >= 0.3 is 0 Å². The van der Waals surface area contributed by atoms with Gasteiger partial charge in [0.1, 0.15) is 0 Å². The zero-order valence-electron chi connectivity index (χ0n) is 13.6. The second-order valence-corrected chi connectivity index (χ2v) is 6.25. The van der Waals surface area contributed by atoms with E-state index < -0.39 is 0 Å². The van der Waals surface area contributed by atoms with Gasteiger partial charge < -0.3 is 5.32 Å². The molecule has 1 N–H and O–H groups in total. The van der Waals surface area contributed by atoms with E-state index in [0.29, 0.717) is 17.9 Å². The van der Waals surface area contributed by atoms with Crippen molar-refractivity contribution in [2.24, 2.45) is 5.92 Å². The van der Waals surface area contributed by atoms with Crippen LogP contribution in [0.5, 0.6) is 0 Å². The van der Waals surface area contributed by atoms with Crippen LogP contribution in [0.4, 0.5) is 0 Å². The van der Waals surface area contributed by atoms with Gasteiger partial charge in [0, 0.05) is 12.6 Å². The summed E-state index contributed by atoms with van der Waals surface area (Å²) in [6, 6.07) is 19.9. The van der Waals surface area contributed by atoms with Gasteiger partial charge in [-0.05, 0) is 42.4 Å². The Kier molecular flexibility index (Phi) is 5.58. The van der Waals surface area contributed by atoms with Gasteiger partial charge in [-0.2, -0.15) is 0 Å². The Bertz CT molecular complexity index is 545. The first-order valence-corrected chi connectivity index (χ1v) is 7.93. The summed E-state index contributed by atoms with van der Waals surface area (Å²) in [5.41, 5.74) is 4.18. The van der Waals surface area contributed by atoms with E-state index in [9.17, 15) is 0 Å². The van der Waals surface area contributed by atoms with Crippen molar-refractivity contribution >= 4 is 0 Å². The smallest absolute Gasteiger partial charge is 0.0294 e. The Balaban J connectivity index is 2.04. The summed E-state index contributed by atoms with van der Waals surface area (Å²) in [6.45, 7) is 10.1. The molecule has 0 aromatic heterocycles. The Labute approximate surface area is 129 Å². The van der Waals surface area contributed by atoms with Crippen LogP contribution in [0.2, 0.25) is 0 Å². The van der Waals surface area contributed by atoms with Gasteiger partial charge in [-0.1, -0.05) is 68.4 Å². The van der Waals surface area contributed by atoms with Crippen molar-refractivity contribution in [2.45, 2.75) is 39.7 Å². The number of benzene rings is 2. The highest BCUT2D eigenvalue weighted by Crippen LogP contribution is 2.25. The van der Waals surface area contributed by atoms with Crippen LogP contribution < -0.4 is 5.32 Å². The summed E-state index contributed by atoms with van der Waals surface area (Å²) in [6.07, 6.45) is 0. The first kappa shape index (κ1) is 15.8. The maximum absolute atomic E-state index is 3.72. The fraction of sp³-hybridized carbons (Fsp3) is 0.400. The minimum atomic E-state index is 0.385. The van der Waals surface area contributed by atoms with Crippen molar-refractivity contribution in [1.82, 2.24) is 5.32 Å². The van der Waals surface area contributed by atoms with Crippen LogP contribution >= 0.6 is 0 Å². The van der Waals surface area contributed by atoms with Crippen molar-refractivity contribution in [3.63, 3.8) is 0 Å². The molecule has 0 spiro atoms. The van der Waals surface area contributed by atoms with Crippen LogP contribution in [0.3, 0.4) is 0 Å². The average Bonchev–Trinajstić information content (AvgIpc) is 2.48. The molecule has 21 heavy (non-hydrogen) atoms. The second-order valence-electron chi connectivity index (χ2n) is 6.25. The Hall–Kier alpha value is -1.60. The highest BCUT2D eigenvalue weighted by atomic mass is 14.9. The Morgan fingerprint density at radius 2 is 1.48 bits per heavy atom. The second kappa shape index (κ2) is 7.42. The summed E-state index contributed by atoms with van der Waals surface area (Å²) >= 11 is 0. The van der Waals surface area contributed by atoms with Gasteiger partial charge in [-0.3, -0.25) is 0 Å². The third-order valence-corrected chi connectivity index (χ3v) is 4.33. The van der Waals surface area contributed by atoms with E-state index in [4.69, 9.17) is 0 Å². The maximum Gasteiger partial charge on any atom is 0.0294 e. The van der Waals surface area contributed by atoms with Crippen LogP contribution in [0.15, 0.2) is 54.6 Å². The molecular formula is C20H27N. The van der Waals surface area contributed by atoms with E-state index in [1.54, 1.807) is 0 Å². The van der Waals surface area contributed by atoms with Crippen LogP contribution in [0.1, 0.15) is 49.4 Å². The van der Waals surface area contributed by atoms with Gasteiger partial charge in [0.05, 0.1) is 0 Å². The molecule has 0 aliphatic rings. The summed E-state index contributed by atoms with van der Waals surface area (Å²) < 4.78 is 0. The molecule has 1 heteroatoms.